The van der Waals surface area contributed by atoms with Crippen LogP contribution in [-0.4, -0.2) is 0 Å². The first-order chi connectivity index (χ1) is 9.43. The number of hydrogen-bond donors (Lipinski definition) is 0. The minimum Gasteiger partial charge on any atom is -0.0842 e. The van der Waals surface area contributed by atoms with E-state index in [9.17, 15) is 0 Å². The van der Waals surface area contributed by atoms with Crippen LogP contribution in [0.25, 0.3) is 16.7 Å². The van der Waals surface area contributed by atoms with Gasteiger partial charge in [0.15, 0.2) is 0 Å². The van der Waals surface area contributed by atoms with Crippen LogP contribution in [0.5, 0.6) is 0 Å². The summed E-state index contributed by atoms with van der Waals surface area (Å²) in [6.45, 7) is 0. The molecule has 0 atom stereocenters. The fourth-order valence-electron chi connectivity index (χ4n) is 3.29. The van der Waals surface area contributed by atoms with Gasteiger partial charge in [-0.2, -0.15) is 0 Å². The van der Waals surface area contributed by atoms with Crippen molar-refractivity contribution in [2.24, 2.45) is 0 Å². The summed E-state index contributed by atoms with van der Waals surface area (Å²) in [5.41, 5.74) is 8.79. The van der Waals surface area contributed by atoms with Crippen molar-refractivity contribution in [3.8, 4) is 11.1 Å². The molecule has 0 amide bonds. The van der Waals surface area contributed by atoms with Gasteiger partial charge in [0.05, 0.1) is 0 Å². The summed E-state index contributed by atoms with van der Waals surface area (Å²) in [7, 11) is 0. The second kappa shape index (κ2) is 4.24. The number of fused-ring (bicyclic) bond motifs is 3. The fourth-order valence-corrected chi connectivity index (χ4v) is 3.29. The minimum absolute atomic E-state index is 1.09. The molecule has 2 aliphatic carbocycles. The van der Waals surface area contributed by atoms with Crippen LogP contribution in [0.1, 0.15) is 29.5 Å². The van der Waals surface area contributed by atoms with Gasteiger partial charge in [0.2, 0.25) is 0 Å². The van der Waals surface area contributed by atoms with Crippen molar-refractivity contribution in [1.29, 1.82) is 0 Å². The summed E-state index contributed by atoms with van der Waals surface area (Å²) >= 11 is 0. The van der Waals surface area contributed by atoms with E-state index in [1.807, 2.05) is 0 Å². The number of rotatable bonds is 1. The Morgan fingerprint density at radius 3 is 2.53 bits per heavy atom. The van der Waals surface area contributed by atoms with Gasteiger partial charge in [-0.3, -0.25) is 0 Å². The molecule has 0 heteroatoms. The predicted molar refractivity (Wildman–Crippen MR) is 81.0 cm³/mol. The first-order valence-corrected chi connectivity index (χ1v) is 7.00. The Morgan fingerprint density at radius 1 is 0.789 bits per heavy atom. The Balaban J connectivity index is 1.90. The van der Waals surface area contributed by atoms with Crippen LogP contribution in [0.2, 0.25) is 0 Å². The second-order valence-electron chi connectivity index (χ2n) is 5.32. The summed E-state index contributed by atoms with van der Waals surface area (Å²) in [5, 5.41) is 0. The average Bonchev–Trinajstić information content (AvgIpc) is 2.87. The van der Waals surface area contributed by atoms with Gasteiger partial charge in [-0.25, -0.2) is 0 Å². The maximum atomic E-state index is 2.29. The quantitative estimate of drug-likeness (QED) is 0.565. The van der Waals surface area contributed by atoms with E-state index in [0.29, 0.717) is 0 Å². The van der Waals surface area contributed by atoms with Crippen molar-refractivity contribution in [2.45, 2.75) is 19.3 Å². The highest BCUT2D eigenvalue weighted by atomic mass is 14.2. The van der Waals surface area contributed by atoms with E-state index >= 15 is 0 Å². The highest BCUT2D eigenvalue weighted by Crippen LogP contribution is 2.41. The Bertz CT molecular complexity index is 702. The smallest absolute Gasteiger partial charge is 0.000740 e. The lowest BCUT2D eigenvalue weighted by molar-refractivity contribution is 1.05. The summed E-state index contributed by atoms with van der Waals surface area (Å²) in [6.07, 6.45) is 10.2. The lowest BCUT2D eigenvalue weighted by atomic mass is 9.91. The van der Waals surface area contributed by atoms with Crippen LogP contribution in [0, 0.1) is 0 Å². The topological polar surface area (TPSA) is 0 Å². The molecular formula is C19H16. The molecule has 2 aromatic carbocycles. The molecule has 0 spiro atoms. The maximum Gasteiger partial charge on any atom is -0.000740 e. The van der Waals surface area contributed by atoms with Crippen molar-refractivity contribution >= 4 is 5.57 Å². The zero-order valence-corrected chi connectivity index (χ0v) is 10.9. The highest BCUT2D eigenvalue weighted by Gasteiger charge is 2.21. The Kier molecular flexibility index (Phi) is 2.41. The molecule has 2 aliphatic rings. The van der Waals surface area contributed by atoms with Crippen LogP contribution in [0.4, 0.5) is 0 Å². The third-order valence-electron chi connectivity index (χ3n) is 4.21. The monoisotopic (exact) mass is 244 g/mol. The van der Waals surface area contributed by atoms with Crippen LogP contribution >= 0.6 is 0 Å². The zero-order valence-electron chi connectivity index (χ0n) is 10.9. The Hall–Kier alpha value is -2.08. The zero-order chi connectivity index (χ0) is 12.7. The SMILES string of the molecule is C1=CCCC(c2cccc3c2Cc2ccccc2-3)=C1. The van der Waals surface area contributed by atoms with Gasteiger partial charge in [-0.15, -0.1) is 0 Å². The van der Waals surface area contributed by atoms with Crippen LogP contribution in [0.3, 0.4) is 0 Å². The van der Waals surface area contributed by atoms with Gasteiger partial charge in [-0.05, 0) is 52.7 Å². The van der Waals surface area contributed by atoms with Crippen molar-refractivity contribution in [3.05, 3.63) is 77.4 Å². The molecule has 0 N–H and O–H groups in total. The molecule has 0 radical (unpaired) electrons. The van der Waals surface area contributed by atoms with Crippen LogP contribution < -0.4 is 0 Å². The molecule has 0 saturated heterocycles. The normalized spacial score (nSPS) is 15.9. The van der Waals surface area contributed by atoms with E-state index in [-0.39, 0.29) is 0 Å². The molecule has 4 rings (SSSR count). The predicted octanol–water partition coefficient (Wildman–Crippen LogP) is 4.99. The van der Waals surface area contributed by atoms with Gasteiger partial charge in [0, 0.05) is 0 Å². The van der Waals surface area contributed by atoms with E-state index in [1.54, 1.807) is 0 Å². The van der Waals surface area contributed by atoms with E-state index in [0.717, 1.165) is 6.42 Å². The summed E-state index contributed by atoms with van der Waals surface area (Å²) in [5.74, 6) is 0. The van der Waals surface area contributed by atoms with Crippen molar-refractivity contribution in [2.75, 3.05) is 0 Å². The molecule has 0 nitrogen and oxygen atoms in total. The minimum atomic E-state index is 1.09. The van der Waals surface area contributed by atoms with Gasteiger partial charge in [0.25, 0.3) is 0 Å². The van der Waals surface area contributed by atoms with Gasteiger partial charge < -0.3 is 0 Å². The molecule has 0 saturated carbocycles. The standard InChI is InChI=1S/C19H16/c1-2-7-14(8-3-1)16-11-6-12-18-17-10-5-4-9-15(17)13-19(16)18/h1-2,4-7,9-12H,3,8,13H2. The highest BCUT2D eigenvalue weighted by molar-refractivity contribution is 5.83. The molecule has 0 bridgehead atoms. The third kappa shape index (κ3) is 1.67. The van der Waals surface area contributed by atoms with Gasteiger partial charge in [0.1, 0.15) is 0 Å². The third-order valence-corrected chi connectivity index (χ3v) is 4.21. The number of allylic oxidation sites excluding steroid dienone is 4. The molecule has 0 aliphatic heterocycles. The Labute approximate surface area is 114 Å². The maximum absolute atomic E-state index is 2.29. The van der Waals surface area contributed by atoms with E-state index < -0.39 is 0 Å². The summed E-state index contributed by atoms with van der Waals surface area (Å²) < 4.78 is 0. The number of hydrogen-bond acceptors (Lipinski definition) is 0. The van der Waals surface area contributed by atoms with Crippen molar-refractivity contribution in [1.82, 2.24) is 0 Å². The lowest BCUT2D eigenvalue weighted by Gasteiger charge is -2.13. The van der Waals surface area contributed by atoms with E-state index in [1.165, 1.54) is 46.2 Å². The average molecular weight is 244 g/mol. The second-order valence-corrected chi connectivity index (χ2v) is 5.32. The molecule has 0 aromatic heterocycles. The van der Waals surface area contributed by atoms with Crippen LogP contribution in [-0.2, 0) is 6.42 Å². The summed E-state index contributed by atoms with van der Waals surface area (Å²) in [6, 6.07) is 15.6. The molecule has 0 heterocycles. The lowest BCUT2D eigenvalue weighted by Crippen LogP contribution is -1.94. The van der Waals surface area contributed by atoms with Gasteiger partial charge >= 0.3 is 0 Å². The first-order valence-electron chi connectivity index (χ1n) is 7.00. The molecule has 0 fully saturated rings. The Morgan fingerprint density at radius 2 is 1.63 bits per heavy atom. The summed E-state index contributed by atoms with van der Waals surface area (Å²) in [4.78, 5) is 0. The van der Waals surface area contributed by atoms with E-state index in [2.05, 4.69) is 60.7 Å². The fraction of sp³-hybridized carbons (Fsp3) is 0.158. The molecule has 2 aromatic rings. The molecular weight excluding hydrogens is 228 g/mol. The molecule has 92 valence electrons. The number of benzene rings is 2. The van der Waals surface area contributed by atoms with Crippen LogP contribution in [0.15, 0.2) is 60.7 Å². The molecule has 0 unspecified atom stereocenters. The van der Waals surface area contributed by atoms with Crippen molar-refractivity contribution < 1.29 is 0 Å². The largest absolute Gasteiger partial charge is 0.0842 e. The van der Waals surface area contributed by atoms with Gasteiger partial charge in [-0.1, -0.05) is 60.7 Å². The van der Waals surface area contributed by atoms with E-state index in [4.69, 9.17) is 0 Å². The molecule has 19 heavy (non-hydrogen) atoms. The van der Waals surface area contributed by atoms with Crippen molar-refractivity contribution in [3.63, 3.8) is 0 Å². The first kappa shape index (κ1) is 10.8.